The topological polar surface area (TPSA) is 81.1 Å². The maximum Gasteiger partial charge on any atom is 0.271 e. The molecule has 0 atom stereocenters. The van der Waals surface area contributed by atoms with Gasteiger partial charge < -0.3 is 19.9 Å². The van der Waals surface area contributed by atoms with Crippen LogP contribution in [0.3, 0.4) is 0 Å². The minimum Gasteiger partial charge on any atom is -0.457 e. The third-order valence-electron chi connectivity index (χ3n) is 5.37. The Bertz CT molecular complexity index is 1210. The quantitative estimate of drug-likeness (QED) is 0.414. The van der Waals surface area contributed by atoms with Crippen molar-refractivity contribution in [3.63, 3.8) is 0 Å². The van der Waals surface area contributed by atoms with E-state index in [-0.39, 0.29) is 5.91 Å². The van der Waals surface area contributed by atoms with Gasteiger partial charge in [0.1, 0.15) is 23.0 Å². The van der Waals surface area contributed by atoms with Gasteiger partial charge in [-0.2, -0.15) is 0 Å². The molecular weight excluding hydrogens is 414 g/mol. The number of rotatable bonds is 8. The molecule has 0 aliphatic carbocycles. The number of nitrogens with one attached hydrogen (secondary N) is 2. The zero-order valence-corrected chi connectivity index (χ0v) is 19.0. The number of para-hydroxylation sites is 1. The molecule has 0 unspecified atom stereocenters. The fourth-order valence-corrected chi connectivity index (χ4v) is 3.57. The largest absolute Gasteiger partial charge is 0.457 e. The third kappa shape index (κ3) is 5.57. The lowest BCUT2D eigenvalue weighted by Gasteiger charge is -2.12. The van der Waals surface area contributed by atoms with Crippen LogP contribution < -0.4 is 15.4 Å². The van der Waals surface area contributed by atoms with Crippen LogP contribution in [0.5, 0.6) is 11.5 Å². The Kier molecular flexibility index (Phi) is 6.69. The Balaban J connectivity index is 1.34. The first-order chi connectivity index (χ1) is 16.0. The highest BCUT2D eigenvalue weighted by molar-refractivity contribution is 5.92. The Morgan fingerprint density at radius 1 is 1.03 bits per heavy atom. The van der Waals surface area contributed by atoms with Gasteiger partial charge in [0.05, 0.1) is 6.33 Å². The minimum atomic E-state index is -0.211. The molecule has 0 saturated carbocycles. The van der Waals surface area contributed by atoms with Crippen molar-refractivity contribution < 1.29 is 9.53 Å². The molecule has 4 rings (SSSR count). The van der Waals surface area contributed by atoms with Crippen molar-refractivity contribution >= 4 is 11.7 Å². The molecule has 7 nitrogen and oxygen atoms in total. The van der Waals surface area contributed by atoms with Gasteiger partial charge in [-0.1, -0.05) is 30.3 Å². The van der Waals surface area contributed by atoms with Crippen molar-refractivity contribution in [2.24, 2.45) is 0 Å². The van der Waals surface area contributed by atoms with Crippen molar-refractivity contribution in [3.8, 4) is 11.5 Å². The van der Waals surface area contributed by atoms with Crippen molar-refractivity contribution in [1.82, 2.24) is 19.9 Å². The second kappa shape index (κ2) is 9.99. The van der Waals surface area contributed by atoms with Crippen LogP contribution in [0.1, 0.15) is 32.9 Å². The molecule has 0 saturated heterocycles. The van der Waals surface area contributed by atoms with E-state index in [1.165, 1.54) is 0 Å². The second-order valence-corrected chi connectivity index (χ2v) is 7.81. The standard InChI is InChI=1S/C26H27N5O2/c1-18-13-25(27-3)30-19(2)23(18)14-28-26(32)24-16-31(17-29-24)15-20-9-11-22(12-10-20)33-21-7-5-4-6-8-21/h4-13,16-17H,14-15H2,1-3H3,(H,27,30)(H,28,32). The predicted molar refractivity (Wildman–Crippen MR) is 129 cm³/mol. The van der Waals surface area contributed by atoms with Crippen LogP contribution in [0, 0.1) is 13.8 Å². The number of hydrogen-bond acceptors (Lipinski definition) is 5. The first-order valence-electron chi connectivity index (χ1n) is 10.8. The Morgan fingerprint density at radius 2 is 1.76 bits per heavy atom. The summed E-state index contributed by atoms with van der Waals surface area (Å²) in [6.07, 6.45) is 3.43. The van der Waals surface area contributed by atoms with E-state index in [1.54, 1.807) is 12.5 Å². The van der Waals surface area contributed by atoms with Gasteiger partial charge in [0.2, 0.25) is 0 Å². The van der Waals surface area contributed by atoms with Crippen LogP contribution in [0.2, 0.25) is 0 Å². The van der Waals surface area contributed by atoms with E-state index in [2.05, 4.69) is 20.6 Å². The molecule has 2 aromatic carbocycles. The summed E-state index contributed by atoms with van der Waals surface area (Å²) in [5.74, 6) is 2.18. The molecule has 33 heavy (non-hydrogen) atoms. The number of aryl methyl sites for hydroxylation is 2. The van der Waals surface area contributed by atoms with Crippen molar-refractivity contribution in [3.05, 3.63) is 101 Å². The van der Waals surface area contributed by atoms with Gasteiger partial charge in [0, 0.05) is 32.0 Å². The average Bonchev–Trinajstić information content (AvgIpc) is 3.29. The van der Waals surface area contributed by atoms with E-state index in [0.717, 1.165) is 39.7 Å². The number of aromatic nitrogens is 3. The Morgan fingerprint density at radius 3 is 2.45 bits per heavy atom. The van der Waals surface area contributed by atoms with E-state index in [0.29, 0.717) is 18.8 Å². The highest BCUT2D eigenvalue weighted by Gasteiger charge is 2.12. The lowest BCUT2D eigenvalue weighted by Crippen LogP contribution is -2.24. The summed E-state index contributed by atoms with van der Waals surface area (Å²) in [6, 6.07) is 19.5. The van der Waals surface area contributed by atoms with Crippen LogP contribution in [0.4, 0.5) is 5.82 Å². The van der Waals surface area contributed by atoms with E-state index >= 15 is 0 Å². The summed E-state index contributed by atoms with van der Waals surface area (Å²) >= 11 is 0. The van der Waals surface area contributed by atoms with Crippen LogP contribution in [-0.4, -0.2) is 27.5 Å². The van der Waals surface area contributed by atoms with Gasteiger partial charge in [-0.05, 0) is 60.9 Å². The highest BCUT2D eigenvalue weighted by Crippen LogP contribution is 2.21. The van der Waals surface area contributed by atoms with Gasteiger partial charge in [-0.25, -0.2) is 9.97 Å². The van der Waals surface area contributed by atoms with Gasteiger partial charge >= 0.3 is 0 Å². The third-order valence-corrected chi connectivity index (χ3v) is 5.37. The average molecular weight is 442 g/mol. The van der Waals surface area contributed by atoms with Crippen LogP contribution in [0.15, 0.2) is 73.2 Å². The van der Waals surface area contributed by atoms with Gasteiger partial charge in [-0.15, -0.1) is 0 Å². The number of carbonyl (C=O) groups excluding carboxylic acids is 1. The van der Waals surface area contributed by atoms with Crippen LogP contribution >= 0.6 is 0 Å². The van der Waals surface area contributed by atoms with Crippen molar-refractivity contribution in [2.45, 2.75) is 26.9 Å². The number of pyridine rings is 1. The smallest absolute Gasteiger partial charge is 0.271 e. The zero-order chi connectivity index (χ0) is 23.2. The summed E-state index contributed by atoms with van der Waals surface area (Å²) in [6.45, 7) is 4.98. The Labute approximate surface area is 193 Å². The maximum atomic E-state index is 12.6. The van der Waals surface area contributed by atoms with Gasteiger partial charge in [0.15, 0.2) is 0 Å². The number of hydrogen-bond donors (Lipinski definition) is 2. The molecule has 0 radical (unpaired) electrons. The fraction of sp³-hybridized carbons (Fsp3) is 0.192. The number of carbonyl (C=O) groups is 1. The molecule has 0 aliphatic rings. The molecule has 2 heterocycles. The SMILES string of the molecule is CNc1cc(C)c(CNC(=O)c2cn(Cc3ccc(Oc4ccccc4)cc3)cn2)c(C)n1. The molecule has 2 aromatic heterocycles. The Hall–Kier alpha value is -4.13. The summed E-state index contributed by atoms with van der Waals surface area (Å²) in [5, 5.41) is 6.00. The molecule has 0 aliphatic heterocycles. The zero-order valence-electron chi connectivity index (χ0n) is 19.0. The molecule has 1 amide bonds. The number of imidazole rings is 1. The molecule has 4 aromatic rings. The number of anilines is 1. The van der Waals surface area contributed by atoms with Crippen molar-refractivity contribution in [1.29, 1.82) is 0 Å². The highest BCUT2D eigenvalue weighted by atomic mass is 16.5. The molecule has 0 fully saturated rings. The molecule has 2 N–H and O–H groups in total. The second-order valence-electron chi connectivity index (χ2n) is 7.81. The maximum absolute atomic E-state index is 12.6. The predicted octanol–water partition coefficient (Wildman–Crippen LogP) is 4.71. The van der Waals surface area contributed by atoms with E-state index in [4.69, 9.17) is 4.74 Å². The summed E-state index contributed by atoms with van der Waals surface area (Å²) < 4.78 is 7.72. The molecule has 0 bridgehead atoms. The lowest BCUT2D eigenvalue weighted by atomic mass is 10.1. The first kappa shape index (κ1) is 22.1. The monoisotopic (exact) mass is 441 g/mol. The first-order valence-corrected chi connectivity index (χ1v) is 10.8. The fourth-order valence-electron chi connectivity index (χ4n) is 3.57. The van der Waals surface area contributed by atoms with E-state index < -0.39 is 0 Å². The van der Waals surface area contributed by atoms with Gasteiger partial charge in [0.25, 0.3) is 5.91 Å². The van der Waals surface area contributed by atoms with Crippen molar-refractivity contribution in [2.75, 3.05) is 12.4 Å². The van der Waals surface area contributed by atoms with Crippen LogP contribution in [-0.2, 0) is 13.1 Å². The molecule has 168 valence electrons. The summed E-state index contributed by atoms with van der Waals surface area (Å²) in [7, 11) is 1.84. The van der Waals surface area contributed by atoms with E-state index in [1.807, 2.05) is 86.1 Å². The lowest BCUT2D eigenvalue weighted by molar-refractivity contribution is 0.0946. The number of ether oxygens (including phenoxy) is 1. The molecule has 7 heteroatoms. The van der Waals surface area contributed by atoms with Crippen LogP contribution in [0.25, 0.3) is 0 Å². The number of amides is 1. The minimum absolute atomic E-state index is 0.211. The molecule has 0 spiro atoms. The summed E-state index contributed by atoms with van der Waals surface area (Å²) in [5.41, 5.74) is 4.46. The van der Waals surface area contributed by atoms with E-state index in [9.17, 15) is 4.79 Å². The summed E-state index contributed by atoms with van der Waals surface area (Å²) in [4.78, 5) is 21.4. The number of benzene rings is 2. The number of nitrogens with zero attached hydrogens (tertiary/aromatic N) is 3. The normalized spacial score (nSPS) is 10.6. The van der Waals surface area contributed by atoms with Gasteiger partial charge in [-0.3, -0.25) is 4.79 Å². The molecular formula is C26H27N5O2.